The normalized spacial score (nSPS) is 14.9. The molecule has 0 aliphatic carbocycles. The molecule has 0 saturated carbocycles. The first-order valence-corrected chi connectivity index (χ1v) is 8.39. The van der Waals surface area contributed by atoms with Gasteiger partial charge in [-0.25, -0.2) is 4.79 Å². The summed E-state index contributed by atoms with van der Waals surface area (Å²) in [4.78, 5) is 25.0. The van der Waals surface area contributed by atoms with Gasteiger partial charge in [-0.1, -0.05) is 6.07 Å². The Kier molecular flexibility index (Phi) is 5.40. The van der Waals surface area contributed by atoms with Gasteiger partial charge in [-0.15, -0.1) is 0 Å². The number of hydrogen-bond donors (Lipinski definition) is 1. The first-order chi connectivity index (χ1) is 12.6. The molecule has 0 unspecified atom stereocenters. The van der Waals surface area contributed by atoms with Crippen molar-refractivity contribution in [3.8, 4) is 11.5 Å². The maximum atomic E-state index is 12.3. The molecule has 2 heterocycles. The number of hydrogen-bond acceptors (Lipinski definition) is 5. The number of carbonyl (C=O) groups excluding carboxylic acids is 1. The van der Waals surface area contributed by atoms with Crippen molar-refractivity contribution in [2.75, 3.05) is 26.8 Å². The Morgan fingerprint density at radius 3 is 2.65 bits per heavy atom. The van der Waals surface area contributed by atoms with Crippen molar-refractivity contribution in [2.45, 2.75) is 18.9 Å². The van der Waals surface area contributed by atoms with Crippen LogP contribution < -0.4 is 9.47 Å². The monoisotopic (exact) mass is 359 g/mol. The van der Waals surface area contributed by atoms with Crippen molar-refractivity contribution in [2.24, 2.45) is 0 Å². The van der Waals surface area contributed by atoms with Gasteiger partial charge in [-0.3, -0.25) is 9.48 Å². The molecule has 8 nitrogen and oxygen atoms in total. The highest BCUT2D eigenvalue weighted by molar-refractivity contribution is 5.86. The molecular weight excluding hydrogens is 338 g/mol. The molecular formula is C18H21N3O5. The molecule has 0 spiro atoms. The SMILES string of the molecule is COc1cccc(OCC(=O)N2CCC(n3cc(C(=O)O)cn3)CC2)c1. The number of aromatic nitrogens is 2. The van der Waals surface area contributed by atoms with E-state index in [-0.39, 0.29) is 24.1 Å². The molecule has 0 atom stereocenters. The summed E-state index contributed by atoms with van der Waals surface area (Å²) >= 11 is 0. The van der Waals surface area contributed by atoms with Gasteiger partial charge in [0.1, 0.15) is 11.5 Å². The predicted molar refractivity (Wildman–Crippen MR) is 92.5 cm³/mol. The lowest BCUT2D eigenvalue weighted by Crippen LogP contribution is -2.41. The van der Waals surface area contributed by atoms with Crippen molar-refractivity contribution in [3.05, 3.63) is 42.2 Å². The number of rotatable bonds is 6. The fourth-order valence-corrected chi connectivity index (χ4v) is 2.96. The van der Waals surface area contributed by atoms with Gasteiger partial charge in [-0.2, -0.15) is 5.10 Å². The zero-order chi connectivity index (χ0) is 18.5. The minimum Gasteiger partial charge on any atom is -0.497 e. The molecule has 1 aromatic carbocycles. The molecule has 0 radical (unpaired) electrons. The number of carboxylic acid groups (broad SMARTS) is 1. The summed E-state index contributed by atoms with van der Waals surface area (Å²) in [6.45, 7) is 1.16. The highest BCUT2D eigenvalue weighted by Gasteiger charge is 2.25. The lowest BCUT2D eigenvalue weighted by Gasteiger charge is -2.32. The number of piperidine rings is 1. The second-order valence-electron chi connectivity index (χ2n) is 6.09. The van der Waals surface area contributed by atoms with Crippen LogP contribution in [0.2, 0.25) is 0 Å². The van der Waals surface area contributed by atoms with Crippen LogP contribution in [0, 0.1) is 0 Å². The smallest absolute Gasteiger partial charge is 0.338 e. The van der Waals surface area contributed by atoms with E-state index in [1.54, 1.807) is 34.9 Å². The van der Waals surface area contributed by atoms with Crippen LogP contribution in [0.1, 0.15) is 29.2 Å². The zero-order valence-corrected chi connectivity index (χ0v) is 14.5. The van der Waals surface area contributed by atoms with Crippen LogP contribution in [0.15, 0.2) is 36.7 Å². The van der Waals surface area contributed by atoms with Crippen molar-refractivity contribution in [1.82, 2.24) is 14.7 Å². The molecule has 3 rings (SSSR count). The largest absolute Gasteiger partial charge is 0.497 e. The Bertz CT molecular complexity index is 781. The van der Waals surface area contributed by atoms with Gasteiger partial charge in [0.15, 0.2) is 6.61 Å². The minimum absolute atomic E-state index is 0.0250. The van der Waals surface area contributed by atoms with Gasteiger partial charge < -0.3 is 19.5 Å². The molecule has 1 N–H and O–H groups in total. The molecule has 1 aliphatic rings. The number of amides is 1. The number of aromatic carboxylic acids is 1. The van der Waals surface area contributed by atoms with Crippen molar-refractivity contribution in [3.63, 3.8) is 0 Å². The molecule has 1 aromatic heterocycles. The van der Waals surface area contributed by atoms with Crippen molar-refractivity contribution < 1.29 is 24.2 Å². The summed E-state index contributed by atoms with van der Waals surface area (Å²) in [7, 11) is 1.58. The van der Waals surface area contributed by atoms with Crippen LogP contribution >= 0.6 is 0 Å². The molecule has 0 bridgehead atoms. The van der Waals surface area contributed by atoms with Crippen LogP contribution in [0.5, 0.6) is 11.5 Å². The van der Waals surface area contributed by atoms with Crippen LogP contribution in [0.3, 0.4) is 0 Å². The second-order valence-corrected chi connectivity index (χ2v) is 6.09. The van der Waals surface area contributed by atoms with E-state index >= 15 is 0 Å². The third-order valence-electron chi connectivity index (χ3n) is 4.44. The number of methoxy groups -OCH3 is 1. The molecule has 8 heteroatoms. The number of nitrogens with zero attached hydrogens (tertiary/aromatic N) is 3. The van der Waals surface area contributed by atoms with E-state index in [1.165, 1.54) is 12.4 Å². The number of carbonyl (C=O) groups is 2. The highest BCUT2D eigenvalue weighted by Crippen LogP contribution is 2.23. The highest BCUT2D eigenvalue weighted by atomic mass is 16.5. The standard InChI is InChI=1S/C18H21N3O5/c1-25-15-3-2-4-16(9-15)26-12-17(22)20-7-5-14(6-8-20)21-11-13(10-19-21)18(23)24/h2-4,9-11,14H,5-8,12H2,1H3,(H,23,24). The summed E-state index contributed by atoms with van der Waals surface area (Å²) in [5.74, 6) is 0.206. The molecule has 1 saturated heterocycles. The van der Waals surface area contributed by atoms with Gasteiger partial charge >= 0.3 is 5.97 Å². The lowest BCUT2D eigenvalue weighted by molar-refractivity contribution is -0.134. The maximum absolute atomic E-state index is 12.3. The first kappa shape index (κ1) is 17.8. The Labute approximate surface area is 150 Å². The van der Waals surface area contributed by atoms with Crippen LogP contribution in [0.25, 0.3) is 0 Å². The van der Waals surface area contributed by atoms with E-state index < -0.39 is 5.97 Å². The average Bonchev–Trinajstić information content (AvgIpc) is 3.17. The topological polar surface area (TPSA) is 93.9 Å². The summed E-state index contributed by atoms with van der Waals surface area (Å²) in [6.07, 6.45) is 4.34. The molecule has 1 amide bonds. The zero-order valence-electron chi connectivity index (χ0n) is 14.5. The molecule has 1 fully saturated rings. The Hall–Kier alpha value is -3.03. The fraction of sp³-hybridized carbons (Fsp3) is 0.389. The quantitative estimate of drug-likeness (QED) is 0.846. The van der Waals surface area contributed by atoms with E-state index in [2.05, 4.69) is 5.10 Å². The van der Waals surface area contributed by atoms with E-state index in [4.69, 9.17) is 14.6 Å². The van der Waals surface area contributed by atoms with Crippen LogP contribution in [-0.4, -0.2) is 58.5 Å². The Morgan fingerprint density at radius 1 is 1.27 bits per heavy atom. The molecule has 26 heavy (non-hydrogen) atoms. The third-order valence-corrected chi connectivity index (χ3v) is 4.44. The molecule has 1 aliphatic heterocycles. The van der Waals surface area contributed by atoms with Gasteiger partial charge in [0.2, 0.25) is 0 Å². The van der Waals surface area contributed by atoms with Gasteiger partial charge in [0.25, 0.3) is 5.91 Å². The van der Waals surface area contributed by atoms with E-state index in [1.807, 2.05) is 6.07 Å². The van der Waals surface area contributed by atoms with Gasteiger partial charge in [-0.05, 0) is 25.0 Å². The molecule has 2 aromatic rings. The summed E-state index contributed by atoms with van der Waals surface area (Å²) < 4.78 is 12.4. The number of ether oxygens (including phenoxy) is 2. The predicted octanol–water partition coefficient (Wildman–Crippen LogP) is 1.83. The fourth-order valence-electron chi connectivity index (χ4n) is 2.96. The van der Waals surface area contributed by atoms with E-state index in [0.29, 0.717) is 24.6 Å². The number of likely N-dealkylation sites (tertiary alicyclic amines) is 1. The minimum atomic E-state index is -0.987. The van der Waals surface area contributed by atoms with E-state index in [0.717, 1.165) is 12.8 Å². The summed E-state index contributed by atoms with van der Waals surface area (Å²) in [6, 6.07) is 7.23. The Morgan fingerprint density at radius 2 is 2.00 bits per heavy atom. The van der Waals surface area contributed by atoms with Gasteiger partial charge in [0, 0.05) is 25.4 Å². The first-order valence-electron chi connectivity index (χ1n) is 8.39. The van der Waals surface area contributed by atoms with E-state index in [9.17, 15) is 9.59 Å². The average molecular weight is 359 g/mol. The Balaban J connectivity index is 1.49. The number of carboxylic acids is 1. The van der Waals surface area contributed by atoms with Gasteiger partial charge in [0.05, 0.1) is 24.9 Å². The number of benzene rings is 1. The summed E-state index contributed by atoms with van der Waals surface area (Å²) in [5, 5.41) is 13.1. The van der Waals surface area contributed by atoms with Crippen molar-refractivity contribution >= 4 is 11.9 Å². The second kappa shape index (κ2) is 7.90. The van der Waals surface area contributed by atoms with Crippen molar-refractivity contribution in [1.29, 1.82) is 0 Å². The summed E-state index contributed by atoms with van der Waals surface area (Å²) in [5.41, 5.74) is 0.176. The van der Waals surface area contributed by atoms with Crippen LogP contribution in [0.4, 0.5) is 0 Å². The maximum Gasteiger partial charge on any atom is 0.338 e. The van der Waals surface area contributed by atoms with Crippen LogP contribution in [-0.2, 0) is 4.79 Å². The third kappa shape index (κ3) is 4.14. The molecule has 138 valence electrons. The lowest BCUT2D eigenvalue weighted by atomic mass is 10.1.